The highest BCUT2D eigenvalue weighted by molar-refractivity contribution is 7.18. The van der Waals surface area contributed by atoms with Gasteiger partial charge >= 0.3 is 5.97 Å². The summed E-state index contributed by atoms with van der Waals surface area (Å²) < 4.78 is 5.59. The van der Waals surface area contributed by atoms with Gasteiger partial charge in [-0.1, -0.05) is 49.4 Å². The number of carboxylic acid groups (broad SMARTS) is 1. The molecule has 178 valence electrons. The summed E-state index contributed by atoms with van der Waals surface area (Å²) in [5.74, 6) is -0.887. The normalized spacial score (nSPS) is 11.2. The Kier molecular flexibility index (Phi) is 6.98. The number of benzene rings is 3. The predicted octanol–water partition coefficient (Wildman–Crippen LogP) is 6.53. The lowest BCUT2D eigenvalue weighted by atomic mass is 10.1. The molecule has 0 atom stereocenters. The van der Waals surface area contributed by atoms with E-state index in [1.165, 1.54) is 30.7 Å². The van der Waals surface area contributed by atoms with E-state index in [9.17, 15) is 14.7 Å². The summed E-state index contributed by atoms with van der Waals surface area (Å²) in [4.78, 5) is 30.0. The maximum Gasteiger partial charge on any atom is 0.347 e. The Morgan fingerprint density at radius 2 is 1.60 bits per heavy atom. The molecule has 1 amide bonds. The number of nitrogens with zero attached hydrogens (tertiary/aromatic N) is 1. The Morgan fingerprint density at radius 3 is 2.20 bits per heavy atom. The monoisotopic (exact) mass is 486 g/mol. The van der Waals surface area contributed by atoms with Gasteiger partial charge in [-0.3, -0.25) is 4.79 Å². The molecule has 0 spiro atoms. The van der Waals surface area contributed by atoms with E-state index in [2.05, 4.69) is 12.2 Å². The van der Waals surface area contributed by atoms with Gasteiger partial charge in [0.1, 0.15) is 16.5 Å². The topological polar surface area (TPSA) is 88.5 Å². The molecule has 0 saturated heterocycles. The molecule has 2 N–H and O–H groups in total. The smallest absolute Gasteiger partial charge is 0.347 e. The molecule has 0 aliphatic carbocycles. The standard InChI is InChI=1S/C28H26N2O4S/c1-4-18-10-14-21(15-11-18)29-25(31)23-24(19-8-6-5-7-9-19)35-26(30-23)20-12-16-22(17-13-20)34-28(2,3)27(32)33/h5-17H,4H2,1-3H3,(H,29,31)(H,32,33). The molecule has 0 aliphatic heterocycles. The fourth-order valence-electron chi connectivity index (χ4n) is 3.40. The molecule has 0 saturated carbocycles. The van der Waals surface area contributed by atoms with E-state index < -0.39 is 11.6 Å². The average molecular weight is 487 g/mol. The number of hydrogen-bond donors (Lipinski definition) is 2. The van der Waals surface area contributed by atoms with E-state index in [0.29, 0.717) is 22.1 Å². The third-order valence-electron chi connectivity index (χ3n) is 5.49. The van der Waals surface area contributed by atoms with Crippen molar-refractivity contribution in [3.8, 4) is 26.8 Å². The van der Waals surface area contributed by atoms with Gasteiger partial charge in [0.15, 0.2) is 5.60 Å². The van der Waals surface area contributed by atoms with E-state index in [-0.39, 0.29) is 5.91 Å². The molecule has 0 aliphatic rings. The van der Waals surface area contributed by atoms with Crippen molar-refractivity contribution in [3.63, 3.8) is 0 Å². The fourth-order valence-corrected chi connectivity index (χ4v) is 4.47. The molecule has 3 aromatic carbocycles. The zero-order valence-corrected chi connectivity index (χ0v) is 20.6. The number of amides is 1. The van der Waals surface area contributed by atoms with Gasteiger partial charge in [-0.2, -0.15) is 0 Å². The Hall–Kier alpha value is -3.97. The van der Waals surface area contributed by atoms with Crippen LogP contribution in [0.15, 0.2) is 78.9 Å². The number of carbonyl (C=O) groups excluding carboxylic acids is 1. The van der Waals surface area contributed by atoms with Crippen LogP contribution < -0.4 is 10.1 Å². The van der Waals surface area contributed by atoms with E-state index in [4.69, 9.17) is 9.72 Å². The van der Waals surface area contributed by atoms with Crippen LogP contribution in [0.25, 0.3) is 21.0 Å². The summed E-state index contributed by atoms with van der Waals surface area (Å²) in [6.07, 6.45) is 0.930. The van der Waals surface area contributed by atoms with Crippen LogP contribution >= 0.6 is 11.3 Å². The van der Waals surface area contributed by atoms with Crippen LogP contribution in [0.4, 0.5) is 5.69 Å². The average Bonchev–Trinajstić information content (AvgIpc) is 3.31. The second kappa shape index (κ2) is 10.1. The van der Waals surface area contributed by atoms with Gasteiger partial charge in [0.2, 0.25) is 0 Å². The number of carboxylic acids is 1. The van der Waals surface area contributed by atoms with Crippen molar-refractivity contribution in [2.24, 2.45) is 0 Å². The molecule has 4 rings (SSSR count). The number of thiazole rings is 1. The number of nitrogens with one attached hydrogen (secondary N) is 1. The van der Waals surface area contributed by atoms with Crippen LogP contribution in [-0.2, 0) is 11.2 Å². The number of carbonyl (C=O) groups is 2. The summed E-state index contributed by atoms with van der Waals surface area (Å²) in [6, 6.07) is 24.5. The first kappa shape index (κ1) is 24.2. The molecule has 0 unspecified atom stereocenters. The molecule has 0 bridgehead atoms. The van der Waals surface area contributed by atoms with Crippen LogP contribution in [0.3, 0.4) is 0 Å². The highest BCUT2D eigenvalue weighted by atomic mass is 32.1. The molecule has 35 heavy (non-hydrogen) atoms. The molecule has 6 nitrogen and oxygen atoms in total. The van der Waals surface area contributed by atoms with Crippen LogP contribution in [0.5, 0.6) is 5.75 Å². The lowest BCUT2D eigenvalue weighted by molar-refractivity contribution is -0.152. The minimum Gasteiger partial charge on any atom is -0.478 e. The quantitative estimate of drug-likeness (QED) is 0.295. The highest BCUT2D eigenvalue weighted by Gasteiger charge is 2.29. The van der Waals surface area contributed by atoms with Gasteiger partial charge in [-0.05, 0) is 67.8 Å². The van der Waals surface area contributed by atoms with Crippen molar-refractivity contribution >= 4 is 28.9 Å². The van der Waals surface area contributed by atoms with Crippen LogP contribution in [0, 0.1) is 0 Å². The summed E-state index contributed by atoms with van der Waals surface area (Å²) in [6.45, 7) is 5.08. The minimum atomic E-state index is -1.34. The lowest BCUT2D eigenvalue weighted by Crippen LogP contribution is -2.37. The third-order valence-corrected chi connectivity index (χ3v) is 6.64. The first-order chi connectivity index (χ1) is 16.8. The summed E-state index contributed by atoms with van der Waals surface area (Å²) in [7, 11) is 0. The summed E-state index contributed by atoms with van der Waals surface area (Å²) in [5.41, 5.74) is 2.63. The SMILES string of the molecule is CCc1ccc(NC(=O)c2nc(-c3ccc(OC(C)(C)C(=O)O)cc3)sc2-c2ccccc2)cc1. The van der Waals surface area contributed by atoms with Gasteiger partial charge in [0.25, 0.3) is 5.91 Å². The molecule has 4 aromatic rings. The molecule has 0 radical (unpaired) electrons. The van der Waals surface area contributed by atoms with Crippen LogP contribution in [-0.4, -0.2) is 27.6 Å². The number of ether oxygens (including phenoxy) is 1. The van der Waals surface area contributed by atoms with Gasteiger partial charge in [0.05, 0.1) is 4.88 Å². The third kappa shape index (κ3) is 5.58. The number of aliphatic carboxylic acids is 1. The van der Waals surface area contributed by atoms with Gasteiger partial charge in [-0.15, -0.1) is 11.3 Å². The Morgan fingerprint density at radius 1 is 0.943 bits per heavy atom. The van der Waals surface area contributed by atoms with Crippen LogP contribution in [0.2, 0.25) is 0 Å². The zero-order valence-electron chi connectivity index (χ0n) is 19.7. The molecular weight excluding hydrogens is 460 g/mol. The minimum absolute atomic E-state index is 0.279. The van der Waals surface area contributed by atoms with Crippen molar-refractivity contribution in [2.45, 2.75) is 32.8 Å². The molecule has 7 heteroatoms. The van der Waals surface area contributed by atoms with E-state index in [1.807, 2.05) is 66.7 Å². The Bertz CT molecular complexity index is 1330. The maximum atomic E-state index is 13.2. The Labute approximate surface area is 208 Å². The number of hydrogen-bond acceptors (Lipinski definition) is 5. The van der Waals surface area contributed by atoms with Gasteiger partial charge in [-0.25, -0.2) is 9.78 Å². The van der Waals surface area contributed by atoms with Crippen molar-refractivity contribution in [3.05, 3.63) is 90.1 Å². The lowest BCUT2D eigenvalue weighted by Gasteiger charge is -2.21. The van der Waals surface area contributed by atoms with Gasteiger partial charge < -0.3 is 15.2 Å². The van der Waals surface area contributed by atoms with E-state index in [0.717, 1.165) is 22.4 Å². The summed E-state index contributed by atoms with van der Waals surface area (Å²) >= 11 is 1.43. The molecule has 1 aromatic heterocycles. The first-order valence-electron chi connectivity index (χ1n) is 11.3. The van der Waals surface area contributed by atoms with Crippen molar-refractivity contribution in [2.75, 3.05) is 5.32 Å². The largest absolute Gasteiger partial charge is 0.478 e. The number of anilines is 1. The summed E-state index contributed by atoms with van der Waals surface area (Å²) in [5, 5.41) is 12.9. The number of aryl methyl sites for hydroxylation is 1. The zero-order chi connectivity index (χ0) is 25.0. The van der Waals surface area contributed by atoms with E-state index >= 15 is 0 Å². The van der Waals surface area contributed by atoms with Crippen molar-refractivity contribution in [1.29, 1.82) is 0 Å². The Balaban J connectivity index is 1.65. The van der Waals surface area contributed by atoms with E-state index in [1.54, 1.807) is 12.1 Å². The molecule has 0 fully saturated rings. The highest BCUT2D eigenvalue weighted by Crippen LogP contribution is 2.36. The van der Waals surface area contributed by atoms with Gasteiger partial charge in [0, 0.05) is 11.3 Å². The second-order valence-corrected chi connectivity index (χ2v) is 9.51. The fraction of sp³-hybridized carbons (Fsp3) is 0.179. The molecule has 1 heterocycles. The maximum absolute atomic E-state index is 13.2. The first-order valence-corrected chi connectivity index (χ1v) is 12.1. The molecular formula is C28H26N2O4S. The number of rotatable bonds is 8. The van der Waals surface area contributed by atoms with Crippen molar-refractivity contribution < 1.29 is 19.4 Å². The van der Waals surface area contributed by atoms with Crippen molar-refractivity contribution in [1.82, 2.24) is 4.98 Å². The second-order valence-electron chi connectivity index (χ2n) is 8.51. The number of aromatic nitrogens is 1. The van der Waals surface area contributed by atoms with Crippen LogP contribution in [0.1, 0.15) is 36.8 Å². The predicted molar refractivity (Wildman–Crippen MR) is 139 cm³/mol.